The van der Waals surface area contributed by atoms with Crippen molar-refractivity contribution >= 4 is 32.5 Å². The Labute approximate surface area is 111 Å². The van der Waals surface area contributed by atoms with Crippen molar-refractivity contribution in [3.63, 3.8) is 0 Å². The molecule has 0 fully saturated rings. The largest absolute Gasteiger partial charge is 0.284 e. The molecular formula is C13H9FN4S. The molecular weight excluding hydrogens is 263 g/mol. The van der Waals surface area contributed by atoms with Gasteiger partial charge in [-0.3, -0.25) is 9.78 Å². The second-order valence-electron chi connectivity index (χ2n) is 4.46. The van der Waals surface area contributed by atoms with Gasteiger partial charge in [-0.2, -0.15) is 10.2 Å². The van der Waals surface area contributed by atoms with Crippen molar-refractivity contribution in [1.29, 1.82) is 0 Å². The SMILES string of the molecule is Cn1cc2cc(-c3cc4c[nH]nc4s3)cc(F)c2n1. The molecule has 0 unspecified atom stereocenters. The number of rotatable bonds is 1. The monoisotopic (exact) mass is 272 g/mol. The third-order valence-electron chi connectivity index (χ3n) is 3.09. The maximum absolute atomic E-state index is 14.0. The van der Waals surface area contributed by atoms with Gasteiger partial charge < -0.3 is 0 Å². The van der Waals surface area contributed by atoms with Crippen LogP contribution >= 0.6 is 11.3 Å². The van der Waals surface area contributed by atoms with Gasteiger partial charge in [-0.05, 0) is 23.8 Å². The number of aromatic amines is 1. The third kappa shape index (κ3) is 1.57. The Morgan fingerprint density at radius 2 is 2.16 bits per heavy atom. The molecule has 0 aliphatic rings. The zero-order chi connectivity index (χ0) is 13.0. The summed E-state index contributed by atoms with van der Waals surface area (Å²) in [7, 11) is 1.79. The Hall–Kier alpha value is -2.21. The van der Waals surface area contributed by atoms with E-state index >= 15 is 0 Å². The summed E-state index contributed by atoms with van der Waals surface area (Å²) >= 11 is 1.54. The van der Waals surface area contributed by atoms with E-state index in [2.05, 4.69) is 15.3 Å². The number of fused-ring (bicyclic) bond motifs is 2. The molecule has 1 N–H and O–H groups in total. The molecule has 4 aromatic rings. The second-order valence-corrected chi connectivity index (χ2v) is 5.49. The Balaban J connectivity index is 1.97. The van der Waals surface area contributed by atoms with Crippen LogP contribution in [0.2, 0.25) is 0 Å². The summed E-state index contributed by atoms with van der Waals surface area (Å²) < 4.78 is 15.7. The van der Waals surface area contributed by atoms with Gasteiger partial charge in [0.25, 0.3) is 0 Å². The van der Waals surface area contributed by atoms with Crippen LogP contribution < -0.4 is 0 Å². The lowest BCUT2D eigenvalue weighted by Crippen LogP contribution is -1.86. The minimum atomic E-state index is -0.291. The Kier molecular flexibility index (Phi) is 2.05. The first-order chi connectivity index (χ1) is 9.20. The molecule has 0 saturated carbocycles. The highest BCUT2D eigenvalue weighted by Crippen LogP contribution is 2.34. The molecule has 4 rings (SSSR count). The third-order valence-corrected chi connectivity index (χ3v) is 4.18. The molecule has 19 heavy (non-hydrogen) atoms. The van der Waals surface area contributed by atoms with Crippen LogP contribution in [0.15, 0.2) is 30.6 Å². The summed E-state index contributed by atoms with van der Waals surface area (Å²) in [5.41, 5.74) is 1.27. The number of thiophene rings is 1. The van der Waals surface area contributed by atoms with Gasteiger partial charge in [-0.15, -0.1) is 11.3 Å². The Morgan fingerprint density at radius 3 is 3.00 bits per heavy atom. The normalized spacial score (nSPS) is 11.7. The first-order valence-corrected chi connectivity index (χ1v) is 6.59. The van der Waals surface area contributed by atoms with E-state index in [0.29, 0.717) is 5.52 Å². The highest BCUT2D eigenvalue weighted by molar-refractivity contribution is 7.21. The lowest BCUT2D eigenvalue weighted by Gasteiger charge is -1.98. The zero-order valence-corrected chi connectivity index (χ0v) is 10.8. The minimum Gasteiger partial charge on any atom is -0.284 e. The van der Waals surface area contributed by atoms with E-state index in [1.54, 1.807) is 23.1 Å². The lowest BCUT2D eigenvalue weighted by atomic mass is 10.1. The van der Waals surface area contributed by atoms with E-state index in [4.69, 9.17) is 0 Å². The molecule has 6 heteroatoms. The maximum atomic E-state index is 14.0. The van der Waals surface area contributed by atoms with E-state index in [0.717, 1.165) is 26.0 Å². The molecule has 0 bridgehead atoms. The molecule has 1 aromatic carbocycles. The van der Waals surface area contributed by atoms with Gasteiger partial charge in [0.2, 0.25) is 0 Å². The van der Waals surface area contributed by atoms with E-state index < -0.39 is 0 Å². The highest BCUT2D eigenvalue weighted by atomic mass is 32.1. The molecule has 0 saturated heterocycles. The molecule has 94 valence electrons. The van der Waals surface area contributed by atoms with Crippen LogP contribution in [0.3, 0.4) is 0 Å². The van der Waals surface area contributed by atoms with E-state index in [1.165, 1.54) is 6.07 Å². The predicted octanol–water partition coefficient (Wildman–Crippen LogP) is 3.32. The van der Waals surface area contributed by atoms with Gasteiger partial charge in [0, 0.05) is 35.1 Å². The average Bonchev–Trinajstić information content (AvgIpc) is 3.00. The van der Waals surface area contributed by atoms with Crippen molar-refractivity contribution in [3.05, 3.63) is 36.4 Å². The summed E-state index contributed by atoms with van der Waals surface area (Å²) in [6.45, 7) is 0. The topological polar surface area (TPSA) is 46.5 Å². The first kappa shape index (κ1) is 10.7. The first-order valence-electron chi connectivity index (χ1n) is 5.77. The van der Waals surface area contributed by atoms with Crippen LogP contribution in [0.5, 0.6) is 0 Å². The molecule has 0 aliphatic heterocycles. The Morgan fingerprint density at radius 1 is 1.26 bits per heavy atom. The van der Waals surface area contributed by atoms with Crippen molar-refractivity contribution in [3.8, 4) is 10.4 Å². The summed E-state index contributed by atoms with van der Waals surface area (Å²) in [6, 6.07) is 5.50. The fraction of sp³-hybridized carbons (Fsp3) is 0.0769. The van der Waals surface area contributed by atoms with E-state index in [9.17, 15) is 4.39 Å². The number of nitrogens with one attached hydrogen (secondary N) is 1. The summed E-state index contributed by atoms with van der Waals surface area (Å²) in [6.07, 6.45) is 3.66. The molecule has 0 aliphatic carbocycles. The van der Waals surface area contributed by atoms with Crippen molar-refractivity contribution in [1.82, 2.24) is 20.0 Å². The fourth-order valence-electron chi connectivity index (χ4n) is 2.24. The van der Waals surface area contributed by atoms with Crippen molar-refractivity contribution in [2.24, 2.45) is 7.05 Å². The molecule has 3 heterocycles. The fourth-order valence-corrected chi connectivity index (χ4v) is 3.21. The maximum Gasteiger partial charge on any atom is 0.151 e. The summed E-state index contributed by atoms with van der Waals surface area (Å²) in [4.78, 5) is 1.94. The number of hydrogen-bond acceptors (Lipinski definition) is 3. The van der Waals surface area contributed by atoms with Gasteiger partial charge in [0.1, 0.15) is 10.3 Å². The predicted molar refractivity (Wildman–Crippen MR) is 73.6 cm³/mol. The highest BCUT2D eigenvalue weighted by Gasteiger charge is 2.11. The van der Waals surface area contributed by atoms with Gasteiger partial charge in [0.15, 0.2) is 5.82 Å². The molecule has 0 spiro atoms. The molecule has 3 aromatic heterocycles. The molecule has 0 amide bonds. The zero-order valence-electron chi connectivity index (χ0n) is 10.0. The lowest BCUT2D eigenvalue weighted by molar-refractivity contribution is 0.633. The number of nitrogens with zero attached hydrogens (tertiary/aromatic N) is 3. The van der Waals surface area contributed by atoms with Crippen LogP contribution in [0.4, 0.5) is 4.39 Å². The summed E-state index contributed by atoms with van der Waals surface area (Å²) in [5, 5.41) is 12.9. The smallest absolute Gasteiger partial charge is 0.151 e. The standard InChI is InChI=1S/C13H9FN4S/c1-18-6-9-2-7(3-10(14)12(9)17-18)11-4-8-5-15-16-13(8)19-11/h2-6H,1H3,(H,15,16). The minimum absolute atomic E-state index is 0.291. The Bertz CT molecular complexity index is 873. The number of hydrogen-bond donors (Lipinski definition) is 1. The number of halogens is 1. The van der Waals surface area contributed by atoms with Crippen molar-refractivity contribution < 1.29 is 4.39 Å². The van der Waals surface area contributed by atoms with Gasteiger partial charge >= 0.3 is 0 Å². The van der Waals surface area contributed by atoms with Crippen molar-refractivity contribution in [2.45, 2.75) is 0 Å². The number of aromatic nitrogens is 4. The average molecular weight is 272 g/mol. The summed E-state index contributed by atoms with van der Waals surface area (Å²) in [5.74, 6) is -0.291. The van der Waals surface area contributed by atoms with Gasteiger partial charge in [-0.25, -0.2) is 4.39 Å². The number of benzene rings is 1. The number of H-pyrrole nitrogens is 1. The molecule has 0 atom stereocenters. The second kappa shape index (κ2) is 3.64. The van der Waals surface area contributed by atoms with E-state index in [-0.39, 0.29) is 5.82 Å². The van der Waals surface area contributed by atoms with Crippen LogP contribution in [0.25, 0.3) is 31.6 Å². The quantitative estimate of drug-likeness (QED) is 0.578. The van der Waals surface area contributed by atoms with Crippen molar-refractivity contribution in [2.75, 3.05) is 0 Å². The molecule has 4 nitrogen and oxygen atoms in total. The molecule has 0 radical (unpaired) electrons. The van der Waals surface area contributed by atoms with E-state index in [1.807, 2.05) is 24.5 Å². The van der Waals surface area contributed by atoms with Crippen LogP contribution in [-0.2, 0) is 7.05 Å². The van der Waals surface area contributed by atoms with Gasteiger partial charge in [0.05, 0.1) is 0 Å². The van der Waals surface area contributed by atoms with Gasteiger partial charge in [-0.1, -0.05) is 0 Å². The van der Waals surface area contributed by atoms with Crippen LogP contribution in [-0.4, -0.2) is 20.0 Å². The van der Waals surface area contributed by atoms with Crippen LogP contribution in [0, 0.1) is 5.82 Å². The van der Waals surface area contributed by atoms with Crippen LogP contribution in [0.1, 0.15) is 0 Å². The number of aryl methyl sites for hydroxylation is 1.